The number of esters is 1. The fourth-order valence-corrected chi connectivity index (χ4v) is 1.55. The molecule has 0 aliphatic heterocycles. The molecule has 2 N–H and O–H groups in total. The molecule has 3 nitrogen and oxygen atoms in total. The summed E-state index contributed by atoms with van der Waals surface area (Å²) in [7, 11) is 0. The van der Waals surface area contributed by atoms with Crippen LogP contribution in [-0.2, 0) is 9.53 Å². The molecule has 0 spiro atoms. The van der Waals surface area contributed by atoms with Gasteiger partial charge in [0.15, 0.2) is 0 Å². The van der Waals surface area contributed by atoms with Crippen molar-refractivity contribution in [2.24, 2.45) is 5.73 Å². The molecule has 0 aliphatic carbocycles. The van der Waals surface area contributed by atoms with E-state index in [2.05, 4.69) is 6.92 Å². The first-order valence-corrected chi connectivity index (χ1v) is 6.51. The second-order valence-corrected chi connectivity index (χ2v) is 4.67. The van der Waals surface area contributed by atoms with Crippen LogP contribution in [-0.4, -0.2) is 18.1 Å². The number of rotatable bonds is 9. The molecule has 0 bridgehead atoms. The van der Waals surface area contributed by atoms with Gasteiger partial charge in [0.2, 0.25) is 0 Å². The van der Waals surface area contributed by atoms with Crippen LogP contribution in [0.4, 0.5) is 0 Å². The van der Waals surface area contributed by atoms with Crippen LogP contribution < -0.4 is 5.73 Å². The summed E-state index contributed by atoms with van der Waals surface area (Å²) in [6, 6.07) is 0.0763. The molecule has 0 fully saturated rings. The number of hydrogen-bond acceptors (Lipinski definition) is 3. The first kappa shape index (κ1) is 15.4. The molecule has 0 saturated carbocycles. The first-order chi connectivity index (χ1) is 7.56. The molecular weight excluding hydrogens is 202 g/mol. The third kappa shape index (κ3) is 9.97. The Morgan fingerprint density at radius 2 is 1.88 bits per heavy atom. The Balaban J connectivity index is 3.46. The largest absolute Gasteiger partial charge is 0.463 e. The molecule has 2 unspecified atom stereocenters. The van der Waals surface area contributed by atoms with Gasteiger partial charge in [0, 0.05) is 12.5 Å². The SMILES string of the molecule is CCCCCCC(C)OC(=O)CCC(C)N. The maximum atomic E-state index is 11.4. The van der Waals surface area contributed by atoms with Crippen molar-refractivity contribution in [2.45, 2.75) is 77.9 Å². The fourth-order valence-electron chi connectivity index (χ4n) is 1.55. The first-order valence-electron chi connectivity index (χ1n) is 6.51. The van der Waals surface area contributed by atoms with Crippen molar-refractivity contribution in [3.63, 3.8) is 0 Å². The van der Waals surface area contributed by atoms with Crippen LogP contribution in [0, 0.1) is 0 Å². The molecule has 0 aliphatic rings. The van der Waals surface area contributed by atoms with Gasteiger partial charge in [-0.15, -0.1) is 0 Å². The molecular formula is C13H27NO2. The third-order valence-electron chi connectivity index (χ3n) is 2.60. The molecule has 0 amide bonds. The van der Waals surface area contributed by atoms with Crippen LogP contribution in [0.15, 0.2) is 0 Å². The molecule has 0 aromatic heterocycles. The van der Waals surface area contributed by atoms with E-state index in [1.807, 2.05) is 13.8 Å². The molecule has 0 aromatic carbocycles. The Morgan fingerprint density at radius 1 is 1.19 bits per heavy atom. The van der Waals surface area contributed by atoms with Crippen molar-refractivity contribution in [3.05, 3.63) is 0 Å². The highest BCUT2D eigenvalue weighted by Crippen LogP contribution is 2.09. The van der Waals surface area contributed by atoms with Crippen molar-refractivity contribution < 1.29 is 9.53 Å². The van der Waals surface area contributed by atoms with Crippen LogP contribution >= 0.6 is 0 Å². The van der Waals surface area contributed by atoms with Gasteiger partial charge in [0.05, 0.1) is 6.10 Å². The van der Waals surface area contributed by atoms with Crippen molar-refractivity contribution in [3.8, 4) is 0 Å². The minimum Gasteiger partial charge on any atom is -0.463 e. The Labute approximate surface area is 99.7 Å². The number of nitrogens with two attached hydrogens (primary N) is 1. The minimum absolute atomic E-state index is 0.0532. The zero-order valence-electron chi connectivity index (χ0n) is 11.0. The lowest BCUT2D eigenvalue weighted by Gasteiger charge is -2.13. The average Bonchev–Trinajstić information content (AvgIpc) is 2.21. The van der Waals surface area contributed by atoms with E-state index < -0.39 is 0 Å². The number of ether oxygens (including phenoxy) is 1. The van der Waals surface area contributed by atoms with Gasteiger partial charge in [-0.05, 0) is 33.1 Å². The maximum absolute atomic E-state index is 11.4. The Bertz CT molecular complexity index is 181. The van der Waals surface area contributed by atoms with E-state index in [-0.39, 0.29) is 18.1 Å². The lowest BCUT2D eigenvalue weighted by Crippen LogP contribution is -2.19. The van der Waals surface area contributed by atoms with E-state index >= 15 is 0 Å². The van der Waals surface area contributed by atoms with Gasteiger partial charge in [0.1, 0.15) is 0 Å². The topological polar surface area (TPSA) is 52.3 Å². The van der Waals surface area contributed by atoms with Gasteiger partial charge in [-0.1, -0.05) is 26.2 Å². The quantitative estimate of drug-likeness (QED) is 0.488. The third-order valence-corrected chi connectivity index (χ3v) is 2.60. The number of hydrogen-bond donors (Lipinski definition) is 1. The zero-order chi connectivity index (χ0) is 12.4. The predicted molar refractivity (Wildman–Crippen MR) is 67.2 cm³/mol. The van der Waals surface area contributed by atoms with E-state index in [1.165, 1.54) is 19.3 Å². The van der Waals surface area contributed by atoms with Crippen LogP contribution in [0.1, 0.15) is 65.7 Å². The number of carbonyl (C=O) groups is 1. The predicted octanol–water partition coefficient (Wildman–Crippen LogP) is 3.02. The van der Waals surface area contributed by atoms with E-state index in [0.29, 0.717) is 12.8 Å². The molecule has 96 valence electrons. The van der Waals surface area contributed by atoms with E-state index in [1.54, 1.807) is 0 Å². The van der Waals surface area contributed by atoms with E-state index in [0.717, 1.165) is 12.8 Å². The smallest absolute Gasteiger partial charge is 0.306 e. The molecule has 0 aromatic rings. The van der Waals surface area contributed by atoms with Gasteiger partial charge >= 0.3 is 5.97 Å². The summed E-state index contributed by atoms with van der Waals surface area (Å²) in [6.45, 7) is 6.06. The van der Waals surface area contributed by atoms with Crippen molar-refractivity contribution in [2.75, 3.05) is 0 Å². The van der Waals surface area contributed by atoms with Gasteiger partial charge in [-0.25, -0.2) is 0 Å². The standard InChI is InChI=1S/C13H27NO2/c1-4-5-6-7-8-12(3)16-13(15)10-9-11(2)14/h11-12H,4-10,14H2,1-3H3. The Kier molecular flexibility index (Phi) is 9.30. The molecule has 0 heterocycles. The van der Waals surface area contributed by atoms with E-state index in [4.69, 9.17) is 10.5 Å². The van der Waals surface area contributed by atoms with Crippen LogP contribution in [0.3, 0.4) is 0 Å². The summed E-state index contributed by atoms with van der Waals surface area (Å²) < 4.78 is 5.29. The molecule has 2 atom stereocenters. The summed E-state index contributed by atoms with van der Waals surface area (Å²) in [5, 5.41) is 0. The van der Waals surface area contributed by atoms with Gasteiger partial charge in [-0.3, -0.25) is 4.79 Å². The number of carbonyl (C=O) groups excluding carboxylic acids is 1. The summed E-state index contributed by atoms with van der Waals surface area (Å²) >= 11 is 0. The monoisotopic (exact) mass is 229 g/mol. The van der Waals surface area contributed by atoms with E-state index in [9.17, 15) is 4.79 Å². The molecule has 0 rings (SSSR count). The Hall–Kier alpha value is -0.570. The van der Waals surface area contributed by atoms with Crippen molar-refractivity contribution in [1.82, 2.24) is 0 Å². The maximum Gasteiger partial charge on any atom is 0.306 e. The Morgan fingerprint density at radius 3 is 2.44 bits per heavy atom. The summed E-state index contributed by atoms with van der Waals surface area (Å²) in [5.41, 5.74) is 5.58. The highest BCUT2D eigenvalue weighted by Gasteiger charge is 2.09. The van der Waals surface area contributed by atoms with Gasteiger partial charge in [-0.2, -0.15) is 0 Å². The van der Waals surface area contributed by atoms with Crippen LogP contribution in [0.2, 0.25) is 0 Å². The normalized spacial score (nSPS) is 14.5. The van der Waals surface area contributed by atoms with Crippen LogP contribution in [0.25, 0.3) is 0 Å². The highest BCUT2D eigenvalue weighted by atomic mass is 16.5. The second kappa shape index (κ2) is 9.64. The molecule has 0 saturated heterocycles. The van der Waals surface area contributed by atoms with Crippen molar-refractivity contribution in [1.29, 1.82) is 0 Å². The minimum atomic E-state index is -0.111. The lowest BCUT2D eigenvalue weighted by atomic mass is 10.1. The van der Waals surface area contributed by atoms with Crippen molar-refractivity contribution >= 4 is 5.97 Å². The summed E-state index contributed by atoms with van der Waals surface area (Å²) in [4.78, 5) is 11.4. The summed E-state index contributed by atoms with van der Waals surface area (Å²) in [5.74, 6) is -0.111. The zero-order valence-corrected chi connectivity index (χ0v) is 11.0. The molecule has 3 heteroatoms. The van der Waals surface area contributed by atoms with Gasteiger partial charge in [0.25, 0.3) is 0 Å². The molecule has 16 heavy (non-hydrogen) atoms. The van der Waals surface area contributed by atoms with Gasteiger partial charge < -0.3 is 10.5 Å². The fraction of sp³-hybridized carbons (Fsp3) is 0.923. The molecule has 0 radical (unpaired) electrons. The second-order valence-electron chi connectivity index (χ2n) is 4.67. The average molecular weight is 229 g/mol. The number of unbranched alkanes of at least 4 members (excludes halogenated alkanes) is 3. The summed E-state index contributed by atoms with van der Waals surface area (Å²) in [6.07, 6.45) is 7.07. The highest BCUT2D eigenvalue weighted by molar-refractivity contribution is 5.69. The lowest BCUT2D eigenvalue weighted by molar-refractivity contribution is -0.148. The van der Waals surface area contributed by atoms with Crippen LogP contribution in [0.5, 0.6) is 0 Å².